The van der Waals surface area contributed by atoms with Crippen molar-refractivity contribution < 1.29 is 0 Å². The SMILES string of the molecule is C=C(C)Cn1c(N2CCCCC2)nc2c1c(=O)n(C)c(=O)n2C. The smallest absolute Gasteiger partial charge is 0.332 e. The van der Waals surface area contributed by atoms with Gasteiger partial charge in [0.05, 0.1) is 0 Å². The molecule has 0 unspecified atom stereocenters. The number of nitrogens with zero attached hydrogens (tertiary/aromatic N) is 5. The molecule has 0 atom stereocenters. The summed E-state index contributed by atoms with van der Waals surface area (Å²) in [5, 5.41) is 0. The maximum Gasteiger partial charge on any atom is 0.332 e. The van der Waals surface area contributed by atoms with Crippen LogP contribution in [0.1, 0.15) is 26.2 Å². The zero-order valence-corrected chi connectivity index (χ0v) is 14.0. The third-order valence-electron chi connectivity index (χ3n) is 4.39. The summed E-state index contributed by atoms with van der Waals surface area (Å²) in [6, 6.07) is 0. The lowest BCUT2D eigenvalue weighted by Gasteiger charge is -2.28. The quantitative estimate of drug-likeness (QED) is 0.792. The highest BCUT2D eigenvalue weighted by Gasteiger charge is 2.23. The number of allylic oxidation sites excluding steroid dienone is 1. The van der Waals surface area contributed by atoms with E-state index in [1.54, 1.807) is 7.05 Å². The first-order chi connectivity index (χ1) is 10.9. The Hall–Kier alpha value is -2.31. The average molecular weight is 317 g/mol. The Kier molecular flexibility index (Phi) is 3.87. The molecule has 23 heavy (non-hydrogen) atoms. The molecule has 0 spiro atoms. The number of hydrogen-bond donors (Lipinski definition) is 0. The largest absolute Gasteiger partial charge is 0.342 e. The van der Waals surface area contributed by atoms with Crippen molar-refractivity contribution in [1.29, 1.82) is 0 Å². The number of aryl methyl sites for hydroxylation is 1. The topological polar surface area (TPSA) is 65.1 Å². The van der Waals surface area contributed by atoms with Crippen LogP contribution < -0.4 is 16.1 Å². The van der Waals surface area contributed by atoms with E-state index in [0.29, 0.717) is 17.7 Å². The first-order valence-corrected chi connectivity index (χ1v) is 7.97. The van der Waals surface area contributed by atoms with Gasteiger partial charge in [0.1, 0.15) is 0 Å². The van der Waals surface area contributed by atoms with Crippen LogP contribution >= 0.6 is 0 Å². The molecule has 3 rings (SSSR count). The predicted molar refractivity (Wildman–Crippen MR) is 91.1 cm³/mol. The number of anilines is 1. The minimum absolute atomic E-state index is 0.305. The van der Waals surface area contributed by atoms with Gasteiger partial charge in [0, 0.05) is 33.7 Å². The molecule has 7 heteroatoms. The molecule has 124 valence electrons. The van der Waals surface area contributed by atoms with Crippen molar-refractivity contribution in [2.75, 3.05) is 18.0 Å². The first kappa shape index (κ1) is 15.6. The van der Waals surface area contributed by atoms with Gasteiger partial charge in [0.15, 0.2) is 11.2 Å². The highest BCUT2D eigenvalue weighted by molar-refractivity contribution is 5.74. The zero-order chi connectivity index (χ0) is 16.7. The van der Waals surface area contributed by atoms with Crippen molar-refractivity contribution in [3.8, 4) is 0 Å². The molecule has 0 amide bonds. The van der Waals surface area contributed by atoms with Crippen LogP contribution in [0.2, 0.25) is 0 Å². The van der Waals surface area contributed by atoms with Gasteiger partial charge in [-0.3, -0.25) is 13.9 Å². The van der Waals surface area contributed by atoms with Gasteiger partial charge in [-0.05, 0) is 26.2 Å². The maximum atomic E-state index is 12.6. The highest BCUT2D eigenvalue weighted by Crippen LogP contribution is 2.23. The van der Waals surface area contributed by atoms with Crippen LogP contribution in [0, 0.1) is 0 Å². The summed E-state index contributed by atoms with van der Waals surface area (Å²) in [5.41, 5.74) is 1.20. The molecule has 1 saturated heterocycles. The summed E-state index contributed by atoms with van der Waals surface area (Å²) in [5.74, 6) is 0.765. The molecule has 2 aromatic rings. The first-order valence-electron chi connectivity index (χ1n) is 7.97. The van der Waals surface area contributed by atoms with E-state index < -0.39 is 0 Å². The fourth-order valence-corrected chi connectivity index (χ4v) is 3.19. The van der Waals surface area contributed by atoms with Crippen LogP contribution in [-0.4, -0.2) is 31.8 Å². The van der Waals surface area contributed by atoms with Gasteiger partial charge in [-0.15, -0.1) is 0 Å². The zero-order valence-electron chi connectivity index (χ0n) is 14.0. The van der Waals surface area contributed by atoms with Gasteiger partial charge in [0.2, 0.25) is 5.95 Å². The summed E-state index contributed by atoms with van der Waals surface area (Å²) in [4.78, 5) is 31.7. The molecule has 1 aliphatic rings. The predicted octanol–water partition coefficient (Wildman–Crippen LogP) is 1.00. The molecule has 1 aliphatic heterocycles. The van der Waals surface area contributed by atoms with Crippen molar-refractivity contribution in [2.45, 2.75) is 32.7 Å². The summed E-state index contributed by atoms with van der Waals surface area (Å²) in [6.45, 7) is 8.27. The minimum atomic E-state index is -0.354. The molecule has 0 radical (unpaired) electrons. The Morgan fingerprint density at radius 2 is 1.78 bits per heavy atom. The molecular weight excluding hydrogens is 294 g/mol. The average Bonchev–Trinajstić information content (AvgIpc) is 2.90. The fourth-order valence-electron chi connectivity index (χ4n) is 3.19. The number of hydrogen-bond acceptors (Lipinski definition) is 4. The molecule has 7 nitrogen and oxygen atoms in total. The second kappa shape index (κ2) is 5.72. The van der Waals surface area contributed by atoms with Crippen LogP contribution in [-0.2, 0) is 20.6 Å². The third kappa shape index (κ3) is 2.50. The molecule has 0 aromatic carbocycles. The number of imidazole rings is 1. The summed E-state index contributed by atoms with van der Waals surface area (Å²) < 4.78 is 4.49. The van der Waals surface area contributed by atoms with E-state index in [0.717, 1.165) is 42.0 Å². The second-order valence-corrected chi connectivity index (χ2v) is 6.38. The van der Waals surface area contributed by atoms with E-state index in [2.05, 4.69) is 16.5 Å². The normalized spacial score (nSPS) is 15.3. The van der Waals surface area contributed by atoms with Gasteiger partial charge >= 0.3 is 5.69 Å². The molecule has 2 aromatic heterocycles. The maximum absolute atomic E-state index is 12.6. The summed E-state index contributed by atoms with van der Waals surface area (Å²) in [7, 11) is 3.16. The monoisotopic (exact) mass is 317 g/mol. The lowest BCUT2D eigenvalue weighted by atomic mass is 10.1. The Balaban J connectivity index is 2.33. The summed E-state index contributed by atoms with van der Waals surface area (Å²) >= 11 is 0. The Bertz CT molecular complexity index is 880. The number of piperidine rings is 1. The molecule has 0 bridgehead atoms. The van der Waals surface area contributed by atoms with Gasteiger partial charge in [-0.25, -0.2) is 4.79 Å². The van der Waals surface area contributed by atoms with E-state index in [1.807, 2.05) is 11.5 Å². The van der Waals surface area contributed by atoms with E-state index in [-0.39, 0.29) is 11.2 Å². The van der Waals surface area contributed by atoms with Gasteiger partial charge in [0.25, 0.3) is 5.56 Å². The van der Waals surface area contributed by atoms with Crippen LogP contribution in [0.15, 0.2) is 21.7 Å². The van der Waals surface area contributed by atoms with Crippen molar-refractivity contribution >= 4 is 17.1 Å². The van der Waals surface area contributed by atoms with Gasteiger partial charge in [-0.1, -0.05) is 12.2 Å². The lowest BCUT2D eigenvalue weighted by Crippen LogP contribution is -2.37. The highest BCUT2D eigenvalue weighted by atomic mass is 16.2. The van der Waals surface area contributed by atoms with Gasteiger partial charge in [-0.2, -0.15) is 4.98 Å². The lowest BCUT2D eigenvalue weighted by molar-refractivity contribution is 0.559. The fraction of sp³-hybridized carbons (Fsp3) is 0.562. The molecule has 0 aliphatic carbocycles. The Morgan fingerprint density at radius 1 is 1.13 bits per heavy atom. The number of aromatic nitrogens is 4. The Morgan fingerprint density at radius 3 is 2.39 bits per heavy atom. The summed E-state index contributed by atoms with van der Waals surface area (Å²) in [6.07, 6.45) is 3.46. The number of fused-ring (bicyclic) bond motifs is 1. The Labute approximate surface area is 134 Å². The number of rotatable bonds is 3. The van der Waals surface area contributed by atoms with Crippen LogP contribution in [0.4, 0.5) is 5.95 Å². The van der Waals surface area contributed by atoms with Crippen LogP contribution in [0.3, 0.4) is 0 Å². The third-order valence-corrected chi connectivity index (χ3v) is 4.39. The van der Waals surface area contributed by atoms with E-state index in [9.17, 15) is 9.59 Å². The molecular formula is C16H23N5O2. The van der Waals surface area contributed by atoms with E-state index in [4.69, 9.17) is 0 Å². The van der Waals surface area contributed by atoms with Gasteiger partial charge < -0.3 is 9.47 Å². The van der Waals surface area contributed by atoms with E-state index >= 15 is 0 Å². The molecule has 0 N–H and O–H groups in total. The molecule has 0 saturated carbocycles. The van der Waals surface area contributed by atoms with Crippen molar-refractivity contribution in [1.82, 2.24) is 18.7 Å². The molecule has 1 fully saturated rings. The standard InChI is InChI=1S/C16H23N5O2/c1-11(2)10-21-12-13(18(3)16(23)19(4)14(12)22)17-15(21)20-8-6-5-7-9-20/h1,5-10H2,2-4H3. The van der Waals surface area contributed by atoms with Crippen LogP contribution in [0.5, 0.6) is 0 Å². The molecule has 3 heterocycles. The van der Waals surface area contributed by atoms with Crippen molar-refractivity contribution in [2.24, 2.45) is 14.1 Å². The van der Waals surface area contributed by atoms with Crippen molar-refractivity contribution in [3.63, 3.8) is 0 Å². The minimum Gasteiger partial charge on any atom is -0.342 e. The second-order valence-electron chi connectivity index (χ2n) is 6.38. The van der Waals surface area contributed by atoms with Crippen LogP contribution in [0.25, 0.3) is 11.2 Å². The van der Waals surface area contributed by atoms with Crippen molar-refractivity contribution in [3.05, 3.63) is 33.0 Å². The van der Waals surface area contributed by atoms with E-state index in [1.165, 1.54) is 18.0 Å².